The van der Waals surface area contributed by atoms with Gasteiger partial charge in [-0.3, -0.25) is 0 Å². The fourth-order valence-electron chi connectivity index (χ4n) is 6.32. The molecule has 0 radical (unpaired) electrons. The molecule has 0 saturated heterocycles. The predicted octanol–water partition coefficient (Wildman–Crippen LogP) is 11.4. The second-order valence-electron chi connectivity index (χ2n) is 11.1. The summed E-state index contributed by atoms with van der Waals surface area (Å²) in [6, 6.07) is 52.8. The summed E-state index contributed by atoms with van der Waals surface area (Å²) in [5, 5.41) is 5.67. The zero-order valence-corrected chi connectivity index (χ0v) is 24.9. The van der Waals surface area contributed by atoms with Crippen LogP contribution in [-0.2, 0) is 0 Å². The van der Waals surface area contributed by atoms with E-state index in [1.807, 2.05) is 18.2 Å². The average Bonchev–Trinajstić information content (AvgIpc) is 3.61. The smallest absolute Gasteiger partial charge is 0.174 e. The van der Waals surface area contributed by atoms with Gasteiger partial charge in [0.25, 0.3) is 0 Å². The first-order valence-corrected chi connectivity index (χ1v) is 15.7. The topological polar surface area (TPSA) is 38.2 Å². The lowest BCUT2D eigenvalue weighted by Crippen LogP contribution is -2.15. The molecule has 1 aromatic heterocycles. The van der Waals surface area contributed by atoms with E-state index in [1.165, 1.54) is 33.1 Å². The van der Waals surface area contributed by atoms with Crippen molar-refractivity contribution in [1.29, 1.82) is 0 Å². The molecule has 8 aromatic rings. The van der Waals surface area contributed by atoms with E-state index in [1.54, 1.807) is 0 Å². The number of hydrogen-bond acceptors (Lipinski definition) is 5. The van der Waals surface area contributed by atoms with Crippen molar-refractivity contribution in [2.75, 3.05) is 4.90 Å². The van der Waals surface area contributed by atoms with Crippen molar-refractivity contribution in [1.82, 2.24) is 9.36 Å². The number of anilines is 3. The molecule has 0 unspecified atom stereocenters. The molecule has 45 heavy (non-hydrogen) atoms. The van der Waals surface area contributed by atoms with E-state index in [2.05, 4.69) is 138 Å². The molecule has 5 heteroatoms. The van der Waals surface area contributed by atoms with Gasteiger partial charge in [-0.05, 0) is 75.2 Å². The Morgan fingerprint density at radius 2 is 1.29 bits per heavy atom. The van der Waals surface area contributed by atoms with Crippen LogP contribution in [0.5, 0.6) is 11.5 Å². The van der Waals surface area contributed by atoms with E-state index in [0.29, 0.717) is 0 Å². The number of benzene rings is 7. The summed E-state index contributed by atoms with van der Waals surface area (Å²) in [5.74, 6) is 2.39. The Balaban J connectivity index is 1.15. The average molecular weight is 596 g/mol. The molecule has 0 atom stereocenters. The Morgan fingerprint density at radius 1 is 0.533 bits per heavy atom. The van der Waals surface area contributed by atoms with Crippen LogP contribution in [0, 0.1) is 0 Å². The monoisotopic (exact) mass is 595 g/mol. The van der Waals surface area contributed by atoms with Gasteiger partial charge in [0.15, 0.2) is 17.3 Å². The van der Waals surface area contributed by atoms with Gasteiger partial charge in [-0.2, -0.15) is 4.37 Å². The van der Waals surface area contributed by atoms with Crippen LogP contribution in [0.2, 0.25) is 0 Å². The number of para-hydroxylation sites is 2. The van der Waals surface area contributed by atoms with Crippen molar-refractivity contribution in [2.45, 2.75) is 0 Å². The molecule has 2 heterocycles. The third-order valence-corrected chi connectivity index (χ3v) is 9.18. The van der Waals surface area contributed by atoms with Gasteiger partial charge in [0.05, 0.1) is 11.4 Å². The van der Waals surface area contributed by atoms with Crippen LogP contribution in [0.4, 0.5) is 17.1 Å². The van der Waals surface area contributed by atoms with Gasteiger partial charge in [0.2, 0.25) is 0 Å². The highest BCUT2D eigenvalue weighted by molar-refractivity contribution is 7.09. The quantitative estimate of drug-likeness (QED) is 0.190. The normalized spacial score (nSPS) is 12.1. The fraction of sp³-hybridized carbons (Fsp3) is 0. The van der Waals surface area contributed by atoms with Crippen molar-refractivity contribution in [3.05, 3.63) is 152 Å². The highest BCUT2D eigenvalue weighted by Crippen LogP contribution is 2.51. The van der Waals surface area contributed by atoms with Crippen molar-refractivity contribution < 1.29 is 4.74 Å². The number of rotatable bonds is 4. The zero-order valence-electron chi connectivity index (χ0n) is 24.1. The zero-order chi connectivity index (χ0) is 29.7. The summed E-state index contributed by atoms with van der Waals surface area (Å²) in [6.45, 7) is 0. The number of nitrogens with zero attached hydrogens (tertiary/aromatic N) is 3. The molecule has 0 aliphatic carbocycles. The Morgan fingerprint density at radius 3 is 2.24 bits per heavy atom. The number of fused-ring (bicyclic) bond motifs is 5. The highest BCUT2D eigenvalue weighted by atomic mass is 32.1. The maximum atomic E-state index is 6.39. The van der Waals surface area contributed by atoms with Crippen LogP contribution in [0.3, 0.4) is 0 Å². The number of ether oxygens (including phenoxy) is 1. The standard InChI is InChI=1S/C40H25N3OS/c1-2-10-26(11-3-1)29-22-23-37-35(25-29)43(34-18-6-7-19-36(34)44-37)31-15-8-14-30(24-31)40-41-39(42-45-40)33-17-9-13-28-21-20-27-12-4-5-16-32(27)38(28)33/h1-25H. The van der Waals surface area contributed by atoms with E-state index in [9.17, 15) is 0 Å². The van der Waals surface area contributed by atoms with E-state index in [4.69, 9.17) is 14.1 Å². The lowest BCUT2D eigenvalue weighted by Gasteiger charge is -2.33. The molecule has 212 valence electrons. The van der Waals surface area contributed by atoms with E-state index in [0.717, 1.165) is 61.6 Å². The first-order chi connectivity index (χ1) is 22.3. The van der Waals surface area contributed by atoms with Gasteiger partial charge in [0, 0.05) is 22.2 Å². The largest absolute Gasteiger partial charge is 0.453 e. The van der Waals surface area contributed by atoms with Crippen LogP contribution >= 0.6 is 11.5 Å². The second-order valence-corrected chi connectivity index (χ2v) is 11.9. The second kappa shape index (κ2) is 10.4. The van der Waals surface area contributed by atoms with E-state index >= 15 is 0 Å². The van der Waals surface area contributed by atoms with E-state index < -0.39 is 0 Å². The van der Waals surface area contributed by atoms with Gasteiger partial charge in [-0.1, -0.05) is 115 Å². The van der Waals surface area contributed by atoms with Crippen LogP contribution in [-0.4, -0.2) is 9.36 Å². The van der Waals surface area contributed by atoms with Gasteiger partial charge in [0.1, 0.15) is 5.01 Å². The lowest BCUT2D eigenvalue weighted by molar-refractivity contribution is 0.477. The van der Waals surface area contributed by atoms with Crippen molar-refractivity contribution in [2.24, 2.45) is 0 Å². The molecule has 0 fully saturated rings. The summed E-state index contributed by atoms with van der Waals surface area (Å²) in [5.41, 5.74) is 7.38. The molecule has 0 amide bonds. The summed E-state index contributed by atoms with van der Waals surface area (Å²) < 4.78 is 11.3. The molecule has 0 bridgehead atoms. The van der Waals surface area contributed by atoms with Crippen molar-refractivity contribution >= 4 is 50.1 Å². The molecular formula is C40H25N3OS. The molecule has 1 aliphatic rings. The molecule has 1 aliphatic heterocycles. The summed E-state index contributed by atoms with van der Waals surface area (Å²) >= 11 is 1.43. The van der Waals surface area contributed by atoms with Gasteiger partial charge in [-0.25, -0.2) is 4.98 Å². The van der Waals surface area contributed by atoms with Crippen LogP contribution in [0.15, 0.2) is 152 Å². The lowest BCUT2D eigenvalue weighted by atomic mass is 9.97. The Hall–Kier alpha value is -5.78. The summed E-state index contributed by atoms with van der Waals surface area (Å²) in [7, 11) is 0. The first kappa shape index (κ1) is 25.7. The van der Waals surface area contributed by atoms with Gasteiger partial charge in [-0.15, -0.1) is 0 Å². The van der Waals surface area contributed by atoms with Gasteiger partial charge < -0.3 is 9.64 Å². The Kier molecular flexibility index (Phi) is 5.96. The maximum Gasteiger partial charge on any atom is 0.174 e. The predicted molar refractivity (Wildman–Crippen MR) is 186 cm³/mol. The van der Waals surface area contributed by atoms with Crippen LogP contribution in [0.25, 0.3) is 54.6 Å². The number of hydrogen-bond donors (Lipinski definition) is 0. The molecule has 4 nitrogen and oxygen atoms in total. The van der Waals surface area contributed by atoms with Crippen LogP contribution in [0.1, 0.15) is 0 Å². The molecule has 9 rings (SSSR count). The van der Waals surface area contributed by atoms with Gasteiger partial charge >= 0.3 is 0 Å². The summed E-state index contributed by atoms with van der Waals surface area (Å²) in [4.78, 5) is 7.38. The maximum absolute atomic E-state index is 6.39. The Labute approximate surface area is 264 Å². The van der Waals surface area contributed by atoms with Crippen molar-refractivity contribution in [3.8, 4) is 44.6 Å². The minimum atomic E-state index is 0.747. The highest BCUT2D eigenvalue weighted by Gasteiger charge is 2.26. The molecule has 0 spiro atoms. The first-order valence-electron chi connectivity index (χ1n) is 14.9. The SMILES string of the molecule is c1ccc(-c2ccc3c(c2)N(c2cccc(-c4nc(-c5cccc6ccc7ccccc7c56)ns4)c2)c2ccccc2O3)cc1. The molecule has 0 N–H and O–H groups in total. The van der Waals surface area contributed by atoms with Crippen molar-refractivity contribution in [3.63, 3.8) is 0 Å². The third kappa shape index (κ3) is 4.36. The molecular weight excluding hydrogens is 571 g/mol. The minimum Gasteiger partial charge on any atom is -0.453 e. The molecule has 0 saturated carbocycles. The number of aromatic nitrogens is 2. The summed E-state index contributed by atoms with van der Waals surface area (Å²) in [6.07, 6.45) is 0. The Bertz CT molecular complexity index is 2380. The van der Waals surface area contributed by atoms with E-state index in [-0.39, 0.29) is 0 Å². The minimum absolute atomic E-state index is 0.747. The molecule has 7 aromatic carbocycles. The van der Waals surface area contributed by atoms with Crippen LogP contribution < -0.4 is 9.64 Å². The third-order valence-electron chi connectivity index (χ3n) is 8.42. The fourth-order valence-corrected chi connectivity index (χ4v) is 6.99.